The van der Waals surface area contributed by atoms with E-state index in [0.717, 1.165) is 121 Å². The number of carbonyl (C=O) groups excluding carboxylic acids is 8. The van der Waals surface area contributed by atoms with E-state index in [1.807, 2.05) is 47.4 Å². The maximum Gasteiger partial charge on any atom is 0.453 e. The molecule has 6 fully saturated rings. The van der Waals surface area contributed by atoms with Crippen LogP contribution in [0.25, 0.3) is 0 Å². The number of carboxylic acids is 1. The van der Waals surface area contributed by atoms with E-state index >= 15 is 0 Å². The second kappa shape index (κ2) is 37.0. The average Bonchev–Trinajstić information content (AvgIpc) is 1.60. The highest BCUT2D eigenvalue weighted by atomic mass is 19.4. The van der Waals surface area contributed by atoms with Crippen molar-refractivity contribution in [3.05, 3.63) is 142 Å². The molecule has 10 aliphatic rings. The summed E-state index contributed by atoms with van der Waals surface area (Å²) in [6, 6.07) is 25.2. The summed E-state index contributed by atoms with van der Waals surface area (Å²) >= 11 is 0. The third kappa shape index (κ3) is 19.4. The molecule has 0 spiro atoms. The molecule has 2 unspecified atom stereocenters. The zero-order valence-electron chi connectivity index (χ0n) is 64.9. The molecule has 0 saturated carbocycles. The molecular weight excluding hydrogens is 1550 g/mol. The smallest absolute Gasteiger partial charge is 0.453 e. The van der Waals surface area contributed by atoms with Crippen LogP contribution in [0.1, 0.15) is 173 Å². The molecule has 10 aliphatic heterocycles. The minimum absolute atomic E-state index is 0.0452. The van der Waals surface area contributed by atoms with Gasteiger partial charge in [0.05, 0.1) is 30.0 Å². The van der Waals surface area contributed by atoms with Crippen LogP contribution in [0.4, 0.5) is 37.7 Å². The molecule has 6 saturated heterocycles. The van der Waals surface area contributed by atoms with Crippen molar-refractivity contribution in [1.29, 1.82) is 0 Å². The van der Waals surface area contributed by atoms with Gasteiger partial charge in [-0.15, -0.1) is 20.4 Å². The average molecular weight is 1640 g/mol. The monoisotopic (exact) mass is 1640 g/mol. The number of aromatic nitrogens is 6. The number of fused-ring (bicyclic) bond motifs is 4. The number of hydrogen-bond acceptors (Lipinski definition) is 24. The lowest BCUT2D eigenvalue weighted by atomic mass is 9.89. The Kier molecular flexibility index (Phi) is 26.1. The fourth-order valence-electron chi connectivity index (χ4n) is 16.5. The van der Waals surface area contributed by atoms with Crippen LogP contribution in [0.2, 0.25) is 0 Å². The normalized spacial score (nSPS) is 19.9. The van der Waals surface area contributed by atoms with Gasteiger partial charge in [0, 0.05) is 154 Å². The molecule has 16 rings (SSSR count). The van der Waals surface area contributed by atoms with Crippen molar-refractivity contribution >= 4 is 76.3 Å². The number of hydrogen-bond donors (Lipinski definition) is 4. The van der Waals surface area contributed by atoms with Crippen LogP contribution in [0.5, 0.6) is 11.5 Å². The number of carbonyl (C=O) groups is 9. The van der Waals surface area contributed by atoms with Crippen LogP contribution >= 0.6 is 0 Å². The topological polar surface area (TPSA) is 356 Å². The first-order chi connectivity index (χ1) is 56.9. The van der Waals surface area contributed by atoms with E-state index in [1.54, 1.807) is 28.0 Å². The van der Waals surface area contributed by atoms with Crippen LogP contribution in [-0.2, 0) is 70.0 Å². The SMILES string of the molecule is O=C(O)COCCCCOc1ccc(C2CCN(C3=Nn4c(nnc4C(F)(F)F)CC3)CC2)cc1.O=C1CCC(N2C(=O)c3cccc(N4CCN(C(=O)COCCCCOc5ccc(C6CCN(C7=Nn8c(nnc8C(F)(F)F)CC7)CC6)cc5)CC4)c3C2=O)C(=O)N1.O=C1CCC(N2Cc3c(cccc3N3CCNCC3)C2=O)C(=O)N1. The Morgan fingerprint density at radius 1 is 0.475 bits per heavy atom. The minimum Gasteiger partial charge on any atom is -0.494 e. The standard InChI is InChI=1S/C40H44F3N9O7.C23H28F3N5O4.C17H20N4O3/c41-40(42,43)39-46-45-31-11-12-32(47-52(31)39)49-16-14-26(15-17-49)25-6-8-27(9-7-25)59-23-2-1-22-58-24-34(54)50-20-18-48(19-21-50)29-5-3-4-28-35(29)38(57)51(37(28)56)30-10-13-33(53)44-36(30)55;24-23(25,26)22-28-27-19-7-8-20(29-31(19)22)30-11-9-17(10-12-30)16-3-5-18(6-4-16)35-14-2-1-13-34-15-21(32)33;22-15-5-4-14(16(23)19-15)21-10-12-11(17(21)24)2-1-3-13(12)20-8-6-18-7-9-20/h3-9,26,30H,1-2,10-24H2,(H,44,53,55);3-6,17H,1-2,7-15H2,(H,32,33);1-3,14,18H,4-10H2,(H,19,22,23). The second-order valence-corrected chi connectivity index (χ2v) is 30.3. The fraction of sp³-hybridized carbons (Fsp3) is 0.512. The summed E-state index contributed by atoms with van der Waals surface area (Å²) in [6.45, 7) is 10.1. The minimum atomic E-state index is -4.61. The Bertz CT molecular complexity index is 4760. The number of piperidine rings is 4. The van der Waals surface area contributed by atoms with Gasteiger partial charge in [-0.25, -0.2) is 4.79 Å². The predicted octanol–water partition coefficient (Wildman–Crippen LogP) is 6.61. The van der Waals surface area contributed by atoms with Crippen LogP contribution in [-0.4, -0.2) is 255 Å². The van der Waals surface area contributed by atoms with Crippen molar-refractivity contribution in [2.24, 2.45) is 10.2 Å². The number of alkyl halides is 6. The number of halogens is 6. The maximum atomic E-state index is 13.5. The summed E-state index contributed by atoms with van der Waals surface area (Å²) in [4.78, 5) is 123. The van der Waals surface area contributed by atoms with Gasteiger partial charge < -0.3 is 58.8 Å². The molecular formula is C80H92F6N18O14. The van der Waals surface area contributed by atoms with Crippen LogP contribution < -0.4 is 35.2 Å². The van der Waals surface area contributed by atoms with Crippen LogP contribution in [0.15, 0.2) is 95.1 Å². The third-order valence-corrected chi connectivity index (χ3v) is 22.7. The van der Waals surface area contributed by atoms with E-state index in [0.29, 0.717) is 146 Å². The molecule has 4 N–H and O–H groups in total. The Labute approximate surface area is 674 Å². The lowest BCUT2D eigenvalue weighted by Gasteiger charge is -2.36. The van der Waals surface area contributed by atoms with Gasteiger partial charge in [0.15, 0.2) is 11.6 Å². The highest BCUT2D eigenvalue weighted by Gasteiger charge is 2.48. The van der Waals surface area contributed by atoms with E-state index in [-0.39, 0.29) is 78.9 Å². The Morgan fingerprint density at radius 2 is 0.949 bits per heavy atom. The van der Waals surface area contributed by atoms with Gasteiger partial charge in [-0.05, 0) is 136 Å². The van der Waals surface area contributed by atoms with E-state index in [2.05, 4.69) is 85.5 Å². The molecule has 118 heavy (non-hydrogen) atoms. The number of amidine groups is 2. The number of imide groups is 3. The molecule has 38 heteroatoms. The number of amides is 8. The Morgan fingerprint density at radius 3 is 1.45 bits per heavy atom. The van der Waals surface area contributed by atoms with Gasteiger partial charge >= 0.3 is 18.3 Å². The van der Waals surface area contributed by atoms with E-state index in [9.17, 15) is 69.5 Å². The van der Waals surface area contributed by atoms with Gasteiger partial charge in [0.1, 0.15) is 48.5 Å². The lowest BCUT2D eigenvalue weighted by Crippen LogP contribution is -2.54. The molecule has 2 aromatic heterocycles. The zero-order valence-corrected chi connectivity index (χ0v) is 64.9. The Hall–Kier alpha value is -11.4. The molecule has 0 aliphatic carbocycles. The van der Waals surface area contributed by atoms with Gasteiger partial charge in [-0.2, -0.15) is 45.9 Å². The number of carboxylic acid groups (broad SMARTS) is 1. The summed E-state index contributed by atoms with van der Waals surface area (Å²) in [6.07, 6.45) is -0.137. The van der Waals surface area contributed by atoms with E-state index in [1.165, 1.54) is 11.1 Å². The highest BCUT2D eigenvalue weighted by molar-refractivity contribution is 6.25. The predicted molar refractivity (Wildman–Crippen MR) is 411 cm³/mol. The Balaban J connectivity index is 0.000000163. The number of aliphatic carboxylic acids is 1. The number of rotatable bonds is 22. The fourth-order valence-corrected chi connectivity index (χ4v) is 16.5. The lowest BCUT2D eigenvalue weighted by molar-refractivity contribution is -0.148. The van der Waals surface area contributed by atoms with Gasteiger partial charge in [0.25, 0.3) is 29.4 Å². The number of anilines is 2. The first kappa shape index (κ1) is 83.1. The molecule has 0 radical (unpaired) electrons. The molecule has 0 bridgehead atoms. The molecule has 12 heterocycles. The van der Waals surface area contributed by atoms with Crippen molar-refractivity contribution in [1.82, 2.24) is 70.2 Å². The van der Waals surface area contributed by atoms with Crippen LogP contribution in [0.3, 0.4) is 0 Å². The zero-order chi connectivity index (χ0) is 82.8. The number of nitrogens with one attached hydrogen (secondary N) is 3. The molecule has 2 atom stereocenters. The second-order valence-electron chi connectivity index (χ2n) is 30.3. The number of nitrogens with zero attached hydrogens (tertiary/aromatic N) is 15. The summed E-state index contributed by atoms with van der Waals surface area (Å²) < 4.78 is 103. The van der Waals surface area contributed by atoms with Gasteiger partial charge in [-0.1, -0.05) is 36.4 Å². The molecule has 6 aromatic rings. The number of unbranched alkanes of at least 4 members (excludes halogenated alkanes) is 2. The van der Waals surface area contributed by atoms with Crippen LogP contribution in [0, 0.1) is 0 Å². The molecule has 628 valence electrons. The van der Waals surface area contributed by atoms with E-state index in [4.69, 9.17) is 24.1 Å². The van der Waals surface area contributed by atoms with Crippen molar-refractivity contribution in [3.63, 3.8) is 0 Å². The van der Waals surface area contributed by atoms with Gasteiger partial charge in [-0.3, -0.25) is 53.9 Å². The maximum absolute atomic E-state index is 13.5. The largest absolute Gasteiger partial charge is 0.494 e. The first-order valence-corrected chi connectivity index (χ1v) is 40.0. The van der Waals surface area contributed by atoms with Gasteiger partial charge in [0.2, 0.25) is 29.5 Å². The quantitative estimate of drug-likeness (QED) is 0.0315. The third-order valence-electron chi connectivity index (χ3n) is 22.7. The number of benzene rings is 4. The molecule has 32 nitrogen and oxygen atoms in total. The number of likely N-dealkylation sites (tertiary alicyclic amines) is 2. The first-order valence-electron chi connectivity index (χ1n) is 40.0. The summed E-state index contributed by atoms with van der Waals surface area (Å²) in [5, 5.41) is 38.8. The molecule has 8 amide bonds. The highest BCUT2D eigenvalue weighted by Crippen LogP contribution is 2.39. The van der Waals surface area contributed by atoms with Crippen molar-refractivity contribution in [3.8, 4) is 11.5 Å². The number of piperazine rings is 2. The summed E-state index contributed by atoms with van der Waals surface area (Å²) in [5.41, 5.74) is 6.18. The number of aryl methyl sites for hydroxylation is 2. The number of ether oxygens (including phenoxy) is 4. The van der Waals surface area contributed by atoms with Crippen molar-refractivity contribution < 1.29 is 93.5 Å². The molecule has 4 aromatic carbocycles. The summed E-state index contributed by atoms with van der Waals surface area (Å²) in [7, 11) is 0. The van der Waals surface area contributed by atoms with Crippen molar-refractivity contribution in [2.75, 3.05) is 128 Å². The van der Waals surface area contributed by atoms with E-state index < -0.39 is 65.7 Å². The summed E-state index contributed by atoms with van der Waals surface area (Å²) in [5.74, 6) is -2.24. The van der Waals surface area contributed by atoms with Crippen molar-refractivity contribution in [2.45, 2.75) is 146 Å².